The van der Waals surface area contributed by atoms with Gasteiger partial charge in [-0.3, -0.25) is 10.6 Å². The van der Waals surface area contributed by atoms with Gasteiger partial charge in [0.05, 0.1) is 5.02 Å². The number of nitrogens with one attached hydrogen (secondary N) is 1. The Hall–Kier alpha value is -1.37. The van der Waals surface area contributed by atoms with E-state index in [4.69, 9.17) is 22.2 Å². The molecule has 3 N–H and O–H groups in total. The van der Waals surface area contributed by atoms with Crippen LogP contribution in [0.3, 0.4) is 0 Å². The second-order valence-electron chi connectivity index (χ2n) is 4.82. The van der Waals surface area contributed by atoms with Crippen molar-refractivity contribution in [2.24, 2.45) is 11.8 Å². The summed E-state index contributed by atoms with van der Waals surface area (Å²) in [7, 11) is 0. The highest BCUT2D eigenvalue weighted by molar-refractivity contribution is 6.30. The number of ether oxygens (including phenoxy) is 1. The number of halogens is 2. The molecule has 0 bridgehead atoms. The Kier molecular flexibility index (Phi) is 5.17. The average molecular weight is 302 g/mol. The van der Waals surface area contributed by atoms with Gasteiger partial charge in [-0.25, -0.2) is 9.40 Å². The van der Waals surface area contributed by atoms with Gasteiger partial charge in [0, 0.05) is 25.7 Å². The topological polar surface area (TPSA) is 67.6 Å². The molecule has 1 atom stereocenters. The zero-order chi connectivity index (χ0) is 14.5. The van der Waals surface area contributed by atoms with Crippen molar-refractivity contribution >= 4 is 17.5 Å². The lowest BCUT2D eigenvalue weighted by Gasteiger charge is -2.12. The SMILES string of the molecule is NN1CCC(CNC(=O)COc2ccc(Cl)c(F)c2)C1. The average Bonchev–Trinajstić information content (AvgIpc) is 2.83. The van der Waals surface area contributed by atoms with Gasteiger partial charge in [0.2, 0.25) is 0 Å². The molecule has 1 fully saturated rings. The largest absolute Gasteiger partial charge is 0.484 e. The van der Waals surface area contributed by atoms with Crippen LogP contribution in [0.1, 0.15) is 6.42 Å². The van der Waals surface area contributed by atoms with E-state index in [1.807, 2.05) is 0 Å². The molecule has 1 amide bonds. The van der Waals surface area contributed by atoms with Crippen LogP contribution in [0.4, 0.5) is 4.39 Å². The van der Waals surface area contributed by atoms with Gasteiger partial charge < -0.3 is 10.1 Å². The summed E-state index contributed by atoms with van der Waals surface area (Å²) in [5.41, 5.74) is 0. The van der Waals surface area contributed by atoms with Gasteiger partial charge in [-0.2, -0.15) is 0 Å². The number of hydrogen-bond acceptors (Lipinski definition) is 4. The van der Waals surface area contributed by atoms with Crippen molar-refractivity contribution in [1.82, 2.24) is 10.3 Å². The molecular weight excluding hydrogens is 285 g/mol. The first-order valence-corrected chi connectivity index (χ1v) is 6.76. The summed E-state index contributed by atoms with van der Waals surface area (Å²) in [5, 5.41) is 4.54. The van der Waals surface area contributed by atoms with E-state index in [0.717, 1.165) is 25.6 Å². The molecule has 0 aromatic heterocycles. The summed E-state index contributed by atoms with van der Waals surface area (Å²) in [6.07, 6.45) is 0.972. The Morgan fingerprint density at radius 1 is 1.60 bits per heavy atom. The number of hydrogen-bond donors (Lipinski definition) is 2. The molecule has 1 unspecified atom stereocenters. The van der Waals surface area contributed by atoms with Crippen LogP contribution >= 0.6 is 11.6 Å². The first-order valence-electron chi connectivity index (χ1n) is 6.39. The molecule has 0 spiro atoms. The second-order valence-corrected chi connectivity index (χ2v) is 5.23. The predicted octanol–water partition coefficient (Wildman–Crippen LogP) is 1.17. The van der Waals surface area contributed by atoms with E-state index in [1.54, 1.807) is 5.01 Å². The zero-order valence-corrected chi connectivity index (χ0v) is 11.7. The van der Waals surface area contributed by atoms with Gasteiger partial charge in [0.15, 0.2) is 6.61 Å². The molecule has 110 valence electrons. The number of amides is 1. The Bertz CT molecular complexity index is 487. The number of carbonyl (C=O) groups is 1. The standard InChI is InChI=1S/C13H17ClFN3O2/c14-11-2-1-10(5-12(11)15)20-8-13(19)17-6-9-3-4-18(16)7-9/h1-2,5,9H,3-4,6-8,16H2,(H,17,19). The maximum atomic E-state index is 13.2. The van der Waals surface area contributed by atoms with Gasteiger partial charge in [-0.05, 0) is 24.5 Å². The molecule has 0 aliphatic carbocycles. The van der Waals surface area contributed by atoms with Crippen LogP contribution in [0.5, 0.6) is 5.75 Å². The van der Waals surface area contributed by atoms with E-state index < -0.39 is 5.82 Å². The quantitative estimate of drug-likeness (QED) is 0.801. The normalized spacial score (nSPS) is 19.1. The number of hydrazine groups is 1. The van der Waals surface area contributed by atoms with Crippen molar-refractivity contribution in [3.63, 3.8) is 0 Å². The molecule has 1 aromatic rings. The molecule has 1 aliphatic rings. The molecule has 5 nitrogen and oxygen atoms in total. The fraction of sp³-hybridized carbons (Fsp3) is 0.462. The number of benzene rings is 1. The maximum absolute atomic E-state index is 13.2. The van der Waals surface area contributed by atoms with Crippen molar-refractivity contribution in [3.8, 4) is 5.75 Å². The van der Waals surface area contributed by atoms with E-state index in [-0.39, 0.29) is 23.3 Å². The lowest BCUT2D eigenvalue weighted by Crippen LogP contribution is -2.35. The number of carbonyl (C=O) groups excluding carboxylic acids is 1. The van der Waals surface area contributed by atoms with Gasteiger partial charge in [-0.1, -0.05) is 11.6 Å². The lowest BCUT2D eigenvalue weighted by atomic mass is 10.1. The molecular formula is C13H17ClFN3O2. The summed E-state index contributed by atoms with van der Waals surface area (Å²) >= 11 is 5.55. The number of rotatable bonds is 5. The maximum Gasteiger partial charge on any atom is 0.257 e. The summed E-state index contributed by atoms with van der Waals surface area (Å²) < 4.78 is 18.4. The number of nitrogens with zero attached hydrogens (tertiary/aromatic N) is 1. The molecule has 0 radical (unpaired) electrons. The Labute approximate surface area is 121 Å². The highest BCUT2D eigenvalue weighted by Crippen LogP contribution is 2.20. The van der Waals surface area contributed by atoms with Crippen LogP contribution in [0.15, 0.2) is 18.2 Å². The molecule has 0 saturated carbocycles. The highest BCUT2D eigenvalue weighted by atomic mass is 35.5. The summed E-state index contributed by atoms with van der Waals surface area (Å²) in [6, 6.07) is 4.05. The van der Waals surface area contributed by atoms with Crippen LogP contribution in [-0.4, -0.2) is 37.2 Å². The van der Waals surface area contributed by atoms with Crippen LogP contribution in [0, 0.1) is 11.7 Å². The summed E-state index contributed by atoms with van der Waals surface area (Å²) in [5.74, 6) is 5.48. The van der Waals surface area contributed by atoms with E-state index in [0.29, 0.717) is 12.5 Å². The Morgan fingerprint density at radius 3 is 3.05 bits per heavy atom. The number of nitrogens with two attached hydrogens (primary N) is 1. The zero-order valence-electron chi connectivity index (χ0n) is 10.9. The van der Waals surface area contributed by atoms with Crippen molar-refractivity contribution in [2.75, 3.05) is 26.2 Å². The molecule has 1 heterocycles. The minimum absolute atomic E-state index is 0.0226. The fourth-order valence-electron chi connectivity index (χ4n) is 2.05. The van der Waals surface area contributed by atoms with Crippen LogP contribution in [0.25, 0.3) is 0 Å². The Morgan fingerprint density at radius 2 is 2.40 bits per heavy atom. The van der Waals surface area contributed by atoms with E-state index >= 15 is 0 Å². The van der Waals surface area contributed by atoms with E-state index in [2.05, 4.69) is 5.32 Å². The first-order chi connectivity index (χ1) is 9.54. The van der Waals surface area contributed by atoms with Gasteiger partial charge in [0.1, 0.15) is 11.6 Å². The van der Waals surface area contributed by atoms with E-state index in [1.165, 1.54) is 12.1 Å². The van der Waals surface area contributed by atoms with E-state index in [9.17, 15) is 9.18 Å². The van der Waals surface area contributed by atoms with Crippen LogP contribution in [-0.2, 0) is 4.79 Å². The highest BCUT2D eigenvalue weighted by Gasteiger charge is 2.20. The van der Waals surface area contributed by atoms with Gasteiger partial charge in [-0.15, -0.1) is 0 Å². The Balaban J connectivity index is 1.70. The van der Waals surface area contributed by atoms with Crippen molar-refractivity contribution in [1.29, 1.82) is 0 Å². The van der Waals surface area contributed by atoms with Crippen LogP contribution < -0.4 is 15.9 Å². The van der Waals surface area contributed by atoms with Gasteiger partial charge in [0.25, 0.3) is 5.91 Å². The first kappa shape index (κ1) is 15.0. The van der Waals surface area contributed by atoms with Crippen molar-refractivity contribution in [2.45, 2.75) is 6.42 Å². The third-order valence-corrected chi connectivity index (χ3v) is 3.47. The molecule has 1 aliphatic heterocycles. The molecule has 1 saturated heterocycles. The lowest BCUT2D eigenvalue weighted by molar-refractivity contribution is -0.123. The smallest absolute Gasteiger partial charge is 0.257 e. The van der Waals surface area contributed by atoms with Crippen molar-refractivity contribution < 1.29 is 13.9 Å². The second kappa shape index (κ2) is 6.88. The van der Waals surface area contributed by atoms with Crippen molar-refractivity contribution in [3.05, 3.63) is 29.0 Å². The molecule has 2 rings (SSSR count). The summed E-state index contributed by atoms with van der Waals surface area (Å²) in [6.45, 7) is 2.05. The molecule has 7 heteroatoms. The molecule has 1 aromatic carbocycles. The summed E-state index contributed by atoms with van der Waals surface area (Å²) in [4.78, 5) is 11.6. The molecule has 20 heavy (non-hydrogen) atoms. The minimum atomic E-state index is -0.571. The predicted molar refractivity (Wildman–Crippen MR) is 73.8 cm³/mol. The van der Waals surface area contributed by atoms with Gasteiger partial charge >= 0.3 is 0 Å². The third kappa shape index (κ3) is 4.33. The van der Waals surface area contributed by atoms with Crippen LogP contribution in [0.2, 0.25) is 5.02 Å². The third-order valence-electron chi connectivity index (χ3n) is 3.17. The monoisotopic (exact) mass is 301 g/mol. The minimum Gasteiger partial charge on any atom is -0.484 e. The fourth-order valence-corrected chi connectivity index (χ4v) is 2.17.